The fourth-order valence-corrected chi connectivity index (χ4v) is 4.70. The molecule has 0 unspecified atom stereocenters. The summed E-state index contributed by atoms with van der Waals surface area (Å²) in [6, 6.07) is 13.1. The van der Waals surface area contributed by atoms with Crippen molar-refractivity contribution in [2.24, 2.45) is 4.99 Å². The predicted molar refractivity (Wildman–Crippen MR) is 111 cm³/mol. The van der Waals surface area contributed by atoms with Crippen LogP contribution in [0, 0.1) is 12.3 Å². The van der Waals surface area contributed by atoms with Crippen molar-refractivity contribution in [3.8, 4) is 12.3 Å². The zero-order valence-electron chi connectivity index (χ0n) is 14.4. The number of carbonyl (C=O) groups excluding carboxylic acids is 1. The zero-order valence-corrected chi connectivity index (χ0v) is 16.8. The molecule has 1 heterocycles. The molecule has 0 spiro atoms. The van der Waals surface area contributed by atoms with E-state index in [1.807, 2.05) is 41.0 Å². The Morgan fingerprint density at radius 2 is 2.15 bits per heavy atom. The molecular formula is C20H17ClN2OS2. The third-order valence-electron chi connectivity index (χ3n) is 3.54. The van der Waals surface area contributed by atoms with Crippen LogP contribution >= 0.6 is 34.7 Å². The second-order valence-corrected chi connectivity index (χ2v) is 8.99. The number of hydrogen-bond donors (Lipinski definition) is 0. The van der Waals surface area contributed by atoms with Gasteiger partial charge in [-0.3, -0.25) is 4.79 Å². The predicted octanol–water partition coefficient (Wildman–Crippen LogP) is 5.23. The number of amides is 1. The molecule has 0 bridgehead atoms. The summed E-state index contributed by atoms with van der Waals surface area (Å²) in [7, 11) is 0. The molecule has 26 heavy (non-hydrogen) atoms. The lowest BCUT2D eigenvalue weighted by Crippen LogP contribution is -2.16. The van der Waals surface area contributed by atoms with Gasteiger partial charge in [-0.05, 0) is 36.4 Å². The number of nitrogens with zero attached hydrogens (tertiary/aromatic N) is 2. The van der Waals surface area contributed by atoms with Crippen LogP contribution in [0.15, 0.2) is 52.4 Å². The molecule has 3 rings (SSSR count). The van der Waals surface area contributed by atoms with Crippen molar-refractivity contribution >= 4 is 50.8 Å². The first kappa shape index (κ1) is 18.8. The van der Waals surface area contributed by atoms with E-state index in [0.29, 0.717) is 27.2 Å². The second kappa shape index (κ2) is 8.13. The molecule has 0 fully saturated rings. The van der Waals surface area contributed by atoms with E-state index in [1.54, 1.807) is 17.8 Å². The normalized spacial score (nSPS) is 11.9. The summed E-state index contributed by atoms with van der Waals surface area (Å²) in [6.45, 7) is 4.58. The number of thiazole rings is 1. The van der Waals surface area contributed by atoms with E-state index >= 15 is 0 Å². The molecule has 0 saturated heterocycles. The zero-order chi connectivity index (χ0) is 18.7. The highest BCUT2D eigenvalue weighted by Crippen LogP contribution is 2.24. The van der Waals surface area contributed by atoms with E-state index < -0.39 is 0 Å². The standard InChI is InChI=1S/C20H17ClN2OS2/c1-4-10-23-17-9-8-15(21)12-18(17)26-20(23)22-19(24)14-6-5-7-16(11-14)25-13(2)3/h1,5-9,11-13H,10H2,2-3H3. The van der Waals surface area contributed by atoms with Gasteiger partial charge in [0.05, 0.1) is 16.8 Å². The fourth-order valence-electron chi connectivity index (χ4n) is 2.50. The molecule has 3 nitrogen and oxygen atoms in total. The van der Waals surface area contributed by atoms with Crippen LogP contribution in [0.1, 0.15) is 24.2 Å². The van der Waals surface area contributed by atoms with E-state index in [1.165, 1.54) is 11.3 Å². The Bertz CT molecular complexity index is 1070. The Labute approximate surface area is 165 Å². The van der Waals surface area contributed by atoms with Crippen LogP contribution in [0.4, 0.5) is 0 Å². The van der Waals surface area contributed by atoms with Crippen LogP contribution in [0.5, 0.6) is 0 Å². The monoisotopic (exact) mass is 400 g/mol. The summed E-state index contributed by atoms with van der Waals surface area (Å²) in [6.07, 6.45) is 5.50. The van der Waals surface area contributed by atoms with Gasteiger partial charge in [0.2, 0.25) is 0 Å². The van der Waals surface area contributed by atoms with Gasteiger partial charge in [0.1, 0.15) is 0 Å². The Kier molecular flexibility index (Phi) is 5.87. The Morgan fingerprint density at radius 3 is 2.88 bits per heavy atom. The van der Waals surface area contributed by atoms with Crippen LogP contribution in [-0.4, -0.2) is 15.7 Å². The Morgan fingerprint density at radius 1 is 1.35 bits per heavy atom. The molecule has 2 aromatic carbocycles. The average molecular weight is 401 g/mol. The third-order valence-corrected chi connectivity index (χ3v) is 5.82. The highest BCUT2D eigenvalue weighted by molar-refractivity contribution is 7.99. The van der Waals surface area contributed by atoms with Crippen LogP contribution in [-0.2, 0) is 6.54 Å². The van der Waals surface area contributed by atoms with Gasteiger partial charge < -0.3 is 4.57 Å². The molecule has 0 N–H and O–H groups in total. The number of aromatic nitrogens is 1. The maximum Gasteiger partial charge on any atom is 0.279 e. The summed E-state index contributed by atoms with van der Waals surface area (Å²) >= 11 is 9.20. The van der Waals surface area contributed by atoms with Gasteiger partial charge in [0.15, 0.2) is 4.80 Å². The highest BCUT2D eigenvalue weighted by atomic mass is 35.5. The van der Waals surface area contributed by atoms with Gasteiger partial charge in [-0.25, -0.2) is 0 Å². The molecule has 1 amide bonds. The van der Waals surface area contributed by atoms with Gasteiger partial charge in [-0.2, -0.15) is 4.99 Å². The molecule has 6 heteroatoms. The molecule has 0 radical (unpaired) electrons. The molecule has 0 aliphatic heterocycles. The number of terminal acetylenes is 1. The van der Waals surface area contributed by atoms with Crippen molar-refractivity contribution in [2.75, 3.05) is 0 Å². The number of hydrogen-bond acceptors (Lipinski definition) is 3. The number of rotatable bonds is 4. The fraction of sp³-hybridized carbons (Fsp3) is 0.200. The average Bonchev–Trinajstić information content (AvgIpc) is 2.91. The topological polar surface area (TPSA) is 34.4 Å². The van der Waals surface area contributed by atoms with E-state index in [-0.39, 0.29) is 5.91 Å². The number of fused-ring (bicyclic) bond motifs is 1. The lowest BCUT2D eigenvalue weighted by Gasteiger charge is -2.05. The summed E-state index contributed by atoms with van der Waals surface area (Å²) in [5.74, 6) is 2.34. The van der Waals surface area contributed by atoms with Gasteiger partial charge in [-0.1, -0.05) is 48.8 Å². The van der Waals surface area contributed by atoms with Crippen molar-refractivity contribution in [1.29, 1.82) is 0 Å². The first-order valence-electron chi connectivity index (χ1n) is 8.06. The summed E-state index contributed by atoms with van der Waals surface area (Å²) in [5.41, 5.74) is 1.49. The van der Waals surface area contributed by atoms with Crippen LogP contribution in [0.3, 0.4) is 0 Å². The van der Waals surface area contributed by atoms with Crippen LogP contribution in [0.25, 0.3) is 10.2 Å². The quantitative estimate of drug-likeness (QED) is 0.443. The van der Waals surface area contributed by atoms with Gasteiger partial charge >= 0.3 is 0 Å². The van der Waals surface area contributed by atoms with Crippen molar-refractivity contribution in [2.45, 2.75) is 30.5 Å². The lowest BCUT2D eigenvalue weighted by atomic mass is 10.2. The maximum absolute atomic E-state index is 12.7. The van der Waals surface area contributed by atoms with Crippen molar-refractivity contribution in [3.63, 3.8) is 0 Å². The lowest BCUT2D eigenvalue weighted by molar-refractivity contribution is 0.0997. The molecule has 1 aromatic heterocycles. The Balaban J connectivity index is 2.05. The van der Waals surface area contributed by atoms with Crippen molar-refractivity contribution < 1.29 is 4.79 Å². The minimum Gasteiger partial charge on any atom is -0.305 e. The van der Waals surface area contributed by atoms with Gasteiger partial charge in [-0.15, -0.1) is 18.2 Å². The summed E-state index contributed by atoms with van der Waals surface area (Å²) in [4.78, 5) is 18.7. The summed E-state index contributed by atoms with van der Waals surface area (Å²) < 4.78 is 2.81. The molecule has 0 saturated carbocycles. The summed E-state index contributed by atoms with van der Waals surface area (Å²) in [5, 5.41) is 1.09. The van der Waals surface area contributed by atoms with E-state index in [4.69, 9.17) is 18.0 Å². The second-order valence-electron chi connectivity index (χ2n) is 5.90. The number of halogens is 1. The minimum atomic E-state index is -0.278. The smallest absolute Gasteiger partial charge is 0.279 e. The van der Waals surface area contributed by atoms with E-state index in [9.17, 15) is 4.79 Å². The highest BCUT2D eigenvalue weighted by Gasteiger charge is 2.10. The van der Waals surface area contributed by atoms with Gasteiger partial charge in [0, 0.05) is 20.7 Å². The molecule has 0 aliphatic carbocycles. The third kappa shape index (κ3) is 4.21. The molecule has 3 aromatic rings. The van der Waals surface area contributed by atoms with Crippen LogP contribution in [0.2, 0.25) is 5.02 Å². The minimum absolute atomic E-state index is 0.278. The Hall–Kier alpha value is -2.00. The van der Waals surface area contributed by atoms with Crippen molar-refractivity contribution in [3.05, 3.63) is 57.9 Å². The van der Waals surface area contributed by atoms with E-state index in [0.717, 1.165) is 15.1 Å². The first-order valence-corrected chi connectivity index (χ1v) is 10.1. The van der Waals surface area contributed by atoms with Crippen LogP contribution < -0.4 is 4.80 Å². The van der Waals surface area contributed by atoms with Crippen molar-refractivity contribution in [1.82, 2.24) is 4.57 Å². The van der Waals surface area contributed by atoms with Gasteiger partial charge in [0.25, 0.3) is 5.91 Å². The number of carbonyl (C=O) groups is 1. The molecular weight excluding hydrogens is 384 g/mol. The molecule has 0 atom stereocenters. The first-order chi connectivity index (χ1) is 12.5. The molecule has 132 valence electrons. The van der Waals surface area contributed by atoms with E-state index in [2.05, 4.69) is 24.8 Å². The SMILES string of the molecule is C#CCn1c(=NC(=O)c2cccc(SC(C)C)c2)sc2cc(Cl)ccc21. The number of benzene rings is 2. The molecule has 0 aliphatic rings. The maximum atomic E-state index is 12.7. The largest absolute Gasteiger partial charge is 0.305 e. The number of thioether (sulfide) groups is 1.